The Labute approximate surface area is 613 Å². The van der Waals surface area contributed by atoms with Gasteiger partial charge in [0, 0.05) is 64.1 Å². The second-order valence-corrected chi connectivity index (χ2v) is 26.8. The fourth-order valence-corrected chi connectivity index (χ4v) is 10.7. The molecule has 0 saturated heterocycles. The van der Waals surface area contributed by atoms with Crippen molar-refractivity contribution in [2.24, 2.45) is 21.7 Å². The van der Waals surface area contributed by atoms with Crippen LogP contribution < -0.4 is 64.4 Å². The summed E-state index contributed by atoms with van der Waals surface area (Å²) in [5.74, 6) is 0.146. The quantitative estimate of drug-likeness (QED) is 0.0170. The van der Waals surface area contributed by atoms with E-state index in [-0.39, 0.29) is 122 Å². The molecular weight excluding hydrogens is 1390 g/mol. The molecule has 1 radical (unpaired) electrons. The van der Waals surface area contributed by atoms with Crippen molar-refractivity contribution in [1.82, 2.24) is 19.9 Å². The summed E-state index contributed by atoms with van der Waals surface area (Å²) < 4.78 is 15.5. The van der Waals surface area contributed by atoms with Crippen LogP contribution in [0.2, 0.25) is 0 Å². The van der Waals surface area contributed by atoms with Crippen LogP contribution in [-0.4, -0.2) is 56.0 Å². The number of halogens is 1. The number of fused-ring (bicyclic) bond motifs is 20. The van der Waals surface area contributed by atoms with E-state index < -0.39 is 23.4 Å². The van der Waals surface area contributed by atoms with E-state index in [1.54, 1.807) is 0 Å². The van der Waals surface area contributed by atoms with E-state index in [0.29, 0.717) is 0 Å². The van der Waals surface area contributed by atoms with Crippen LogP contribution in [0.3, 0.4) is 0 Å². The van der Waals surface area contributed by atoms with Gasteiger partial charge in [0.1, 0.15) is 17.3 Å². The third kappa shape index (κ3) is 17.2. The molecule has 14 aromatic rings. The SMILES string of the molecule is CC(C)(C)C(=O)C=C(O)C(C)(C)C.CC(C)(C)C(=O)CC(=O)C(C)(C)C.O=CO[O-].[2H]CF.[H-].[Ir].[Na+].[Na+].[c-]1cccc2c1c1nc3cc4ccccc4cc3nc1c1c3ccccc3ccc21.c1ccc2cc3nc4c(nc3cc2c1)c1ccccc1c1ccc2ccccc2c14. The Kier molecular flexibility index (Phi) is 25.2. The van der Waals surface area contributed by atoms with Gasteiger partial charge >= 0.3 is 59.1 Å². The third-order valence-corrected chi connectivity index (χ3v) is 16.1. The number of allylic oxidation sites excluding steroid dienone is 2. The molecule has 0 aliphatic heterocycles. The number of ketones is 3. The molecule has 2 heterocycles. The number of hydrogen-bond donors (Lipinski definition) is 1. The van der Waals surface area contributed by atoms with Gasteiger partial charge in [0.15, 0.2) is 5.78 Å². The summed E-state index contributed by atoms with van der Waals surface area (Å²) in [6.45, 7) is 22.0. The van der Waals surface area contributed by atoms with E-state index in [1.807, 2.05) is 95.2 Å². The molecule has 0 aliphatic carbocycles. The summed E-state index contributed by atoms with van der Waals surface area (Å²) >= 11 is 0. The van der Waals surface area contributed by atoms with Crippen LogP contribution in [0.15, 0.2) is 200 Å². The molecule has 0 saturated carbocycles. The fraction of sp³-hybridized carbons (Fsp3) is 0.225. The Balaban J connectivity index is 0.000000238. The van der Waals surface area contributed by atoms with Crippen LogP contribution in [0, 0.1) is 27.7 Å². The van der Waals surface area contributed by atoms with Crippen molar-refractivity contribution in [3.63, 3.8) is 0 Å². The Morgan fingerprint density at radius 2 is 0.821 bits per heavy atom. The number of alkyl halides is 1. The van der Waals surface area contributed by atoms with Crippen molar-refractivity contribution >= 4 is 154 Å². The normalized spacial score (nSPS) is 11.7. The van der Waals surface area contributed by atoms with Crippen LogP contribution in [0.5, 0.6) is 0 Å². The average Bonchev–Trinajstić information content (AvgIpc) is 0.729. The van der Waals surface area contributed by atoms with E-state index in [1.165, 1.54) is 76.1 Å². The number of carbonyl (C=O) groups is 4. The maximum atomic E-state index is 11.5. The molecule has 12 aromatic carbocycles. The summed E-state index contributed by atoms with van der Waals surface area (Å²) in [5, 5.41) is 36.9. The average molecular weight is 1460 g/mol. The van der Waals surface area contributed by atoms with Gasteiger partial charge in [0.05, 0.1) is 53.6 Å². The Hall–Kier alpha value is -7.52. The number of aromatic nitrogens is 4. The molecule has 15 heteroatoms. The number of hydrogen-bond acceptors (Lipinski definition) is 11. The van der Waals surface area contributed by atoms with Crippen molar-refractivity contribution in [3.8, 4) is 0 Å². The van der Waals surface area contributed by atoms with Gasteiger partial charge in [0.25, 0.3) is 6.47 Å². The zero-order valence-electron chi connectivity index (χ0n) is 58.4. The molecule has 0 aliphatic rings. The second-order valence-electron chi connectivity index (χ2n) is 26.8. The van der Waals surface area contributed by atoms with E-state index in [0.717, 1.165) is 60.3 Å². The molecule has 1 N–H and O–H groups in total. The minimum atomic E-state index is -1.00. The number of benzene rings is 12. The summed E-state index contributed by atoms with van der Waals surface area (Å²) in [7, 11) is -1.00. The Bertz CT molecular complexity index is 4940. The topological polar surface area (TPSA) is 172 Å². The van der Waals surface area contributed by atoms with Crippen LogP contribution >= 0.6 is 0 Å². The Morgan fingerprint density at radius 3 is 1.21 bits per heavy atom. The van der Waals surface area contributed by atoms with E-state index in [4.69, 9.17) is 31.4 Å². The predicted molar refractivity (Wildman–Crippen MR) is 376 cm³/mol. The molecule has 0 fully saturated rings. The molecule has 0 amide bonds. The third-order valence-electron chi connectivity index (χ3n) is 16.1. The standard InChI is InChI=1S/C28H16N2.C28H15N2.2C11H20O2.CH3F.CH2O3.Ir.2Na.H/c2*1-2-9-19-16-25-24(15-18(19)8-1)29-27-23-12-6-5-11-21(23)22-14-13-17-7-3-4-10-20(17)26(22)28(27)30-25;2*1-10(2,3)8(12)7-9(13)11(4,5)6;1-2;2-1-4-3;;;;/h1-16H;1-11,13-16H;7H2,1-6H3;7,12H,1-6H3;1H3;1,3H;;;;/q;-1;;;;;;2*+1;-1/p-1/i;;;;1D;;;;;. The summed E-state index contributed by atoms with van der Waals surface area (Å²) in [5.41, 5.74) is 5.95. The predicted octanol–water partition coefficient (Wildman–Crippen LogP) is 13.4. The van der Waals surface area contributed by atoms with Gasteiger partial charge in [-0.05, 0) is 83.5 Å². The number of aliphatic hydroxyl groups is 1. The van der Waals surface area contributed by atoms with Gasteiger partial charge in [-0.25, -0.2) is 9.97 Å². The van der Waals surface area contributed by atoms with E-state index >= 15 is 0 Å². The molecule has 0 spiro atoms. The van der Waals surface area contributed by atoms with Gasteiger partial charge in [0.2, 0.25) is 0 Å². The van der Waals surface area contributed by atoms with Crippen LogP contribution in [0.25, 0.3) is 130 Å². The molecular formula is C80H76FIrN4Na2O7-. The number of carbonyl (C=O) groups excluding carboxylic acids is 4. The van der Waals surface area contributed by atoms with Crippen LogP contribution in [0.4, 0.5) is 4.39 Å². The molecule has 95 heavy (non-hydrogen) atoms. The fourth-order valence-electron chi connectivity index (χ4n) is 10.7. The molecule has 11 nitrogen and oxygen atoms in total. The molecule has 14 rings (SSSR count). The van der Waals surface area contributed by atoms with Crippen molar-refractivity contribution < 1.29 is 121 Å². The Morgan fingerprint density at radius 1 is 0.484 bits per heavy atom. The largest absolute Gasteiger partial charge is 1.00 e. The zero-order valence-corrected chi connectivity index (χ0v) is 62.8. The number of Topliss-reactive ketones (excluding diaryl/α,β-unsaturated/α-hetero) is 2. The number of aliphatic hydroxyl groups excluding tert-OH is 1. The summed E-state index contributed by atoms with van der Waals surface area (Å²) in [6, 6.07) is 69.4. The maximum absolute atomic E-state index is 11.5. The van der Waals surface area contributed by atoms with Gasteiger partial charge < -0.3 is 16.7 Å². The summed E-state index contributed by atoms with van der Waals surface area (Å²) in [6.07, 6.45) is 1.40. The first-order valence-electron chi connectivity index (χ1n) is 31.0. The van der Waals surface area contributed by atoms with Crippen molar-refractivity contribution in [3.05, 3.63) is 206 Å². The van der Waals surface area contributed by atoms with E-state index in [2.05, 4.69) is 187 Å². The number of rotatable bonds is 4. The summed E-state index contributed by atoms with van der Waals surface area (Å²) in [4.78, 5) is 66.4. The number of nitrogens with zero attached hydrogens (tertiary/aromatic N) is 4. The van der Waals surface area contributed by atoms with Gasteiger partial charge in [-0.15, -0.1) is 29.7 Å². The van der Waals surface area contributed by atoms with Crippen LogP contribution in [0.1, 0.15) is 92.3 Å². The van der Waals surface area contributed by atoms with Gasteiger partial charge in [-0.3, -0.25) is 33.5 Å². The first-order chi connectivity index (χ1) is 44.2. The molecule has 0 bridgehead atoms. The minimum Gasteiger partial charge on any atom is -1.00 e. The maximum Gasteiger partial charge on any atom is 1.00 e. The molecule has 477 valence electrons. The van der Waals surface area contributed by atoms with Crippen LogP contribution in [-0.2, 0) is 44.2 Å². The first-order valence-corrected chi connectivity index (χ1v) is 30.3. The second kappa shape index (κ2) is 32.0. The smallest absolute Gasteiger partial charge is 1.00 e. The van der Waals surface area contributed by atoms with Gasteiger partial charge in [-0.1, -0.05) is 239 Å². The minimum absolute atomic E-state index is 0. The molecule has 0 atom stereocenters. The van der Waals surface area contributed by atoms with E-state index in [9.17, 15) is 23.9 Å². The monoisotopic (exact) mass is 1460 g/mol. The first kappa shape index (κ1) is 74.9. The van der Waals surface area contributed by atoms with Crippen molar-refractivity contribution in [1.29, 1.82) is 0 Å². The molecule has 0 unspecified atom stereocenters. The zero-order chi connectivity index (χ0) is 67.2. The van der Waals surface area contributed by atoms with Gasteiger partial charge in [-0.2, -0.15) is 0 Å². The molecule has 2 aromatic heterocycles. The van der Waals surface area contributed by atoms with Crippen molar-refractivity contribution in [2.75, 3.05) is 7.15 Å². The van der Waals surface area contributed by atoms with Crippen molar-refractivity contribution in [2.45, 2.75) is 89.5 Å².